The number of quaternary nitrogens is 1. The number of amidine groups is 1. The number of methoxy groups -OCH3 is 2. The van der Waals surface area contributed by atoms with E-state index in [4.69, 9.17) is 33.7 Å². The highest BCUT2D eigenvalue weighted by Gasteiger charge is 2.55. The molecular weight excluding hydrogens is 833 g/mol. The molecule has 10 rings (SSSR count). The smallest absolute Gasteiger partial charge is 0.407 e. The number of likely N-dealkylation sites (tertiary alicyclic amines) is 2. The minimum Gasteiger partial charge on any atom is -0.453 e. The molecule has 0 saturated carbocycles. The summed E-state index contributed by atoms with van der Waals surface area (Å²) < 4.78 is 27.7. The van der Waals surface area contributed by atoms with Gasteiger partial charge in [-0.15, -0.1) is 0 Å². The Bertz CT molecular complexity index is 2610. The molecule has 6 heterocycles. The van der Waals surface area contributed by atoms with Crippen molar-refractivity contribution in [3.8, 4) is 11.1 Å². The van der Waals surface area contributed by atoms with Crippen molar-refractivity contribution in [3.05, 3.63) is 71.2 Å². The third-order valence-corrected chi connectivity index (χ3v) is 14.1. The van der Waals surface area contributed by atoms with E-state index in [1.165, 1.54) is 19.8 Å². The highest BCUT2D eigenvalue weighted by molar-refractivity contribution is 6.05. The van der Waals surface area contributed by atoms with Crippen LogP contribution < -0.4 is 16.0 Å². The van der Waals surface area contributed by atoms with Crippen LogP contribution in [0.2, 0.25) is 0 Å². The summed E-state index contributed by atoms with van der Waals surface area (Å²) in [6.07, 6.45) is 3.68. The number of rotatable bonds is 9. The molecule has 1 aromatic heterocycles. The van der Waals surface area contributed by atoms with Gasteiger partial charge in [-0.1, -0.05) is 44.2 Å². The van der Waals surface area contributed by atoms with Gasteiger partial charge in [0.15, 0.2) is 11.5 Å². The maximum absolute atomic E-state index is 14.6. The number of ether oxygens (including phenoxy) is 5. The van der Waals surface area contributed by atoms with Gasteiger partial charge in [0.1, 0.15) is 29.6 Å². The number of aromatic nitrogens is 2. The van der Waals surface area contributed by atoms with Gasteiger partial charge in [-0.3, -0.25) is 14.9 Å². The van der Waals surface area contributed by atoms with Gasteiger partial charge in [0, 0.05) is 37.1 Å². The predicted molar refractivity (Wildman–Crippen MR) is 239 cm³/mol. The van der Waals surface area contributed by atoms with Crippen molar-refractivity contribution in [2.75, 3.05) is 53.7 Å². The van der Waals surface area contributed by atoms with Crippen LogP contribution >= 0.6 is 0 Å². The number of carbonyl (C=O) groups excluding carboxylic acids is 4. The second-order valence-corrected chi connectivity index (χ2v) is 18.3. The second kappa shape index (κ2) is 17.5. The van der Waals surface area contributed by atoms with Crippen molar-refractivity contribution in [3.63, 3.8) is 0 Å². The first kappa shape index (κ1) is 43.0. The first-order chi connectivity index (χ1) is 31.5. The van der Waals surface area contributed by atoms with Crippen molar-refractivity contribution in [2.45, 2.75) is 88.7 Å². The Morgan fingerprint density at radius 1 is 0.862 bits per heavy atom. The summed E-state index contributed by atoms with van der Waals surface area (Å²) in [5, 5.41) is 9.78. The number of benzene rings is 3. The largest absolute Gasteiger partial charge is 0.453 e. The number of allylic oxidation sites excluding steroid dienone is 1. The Morgan fingerprint density at radius 3 is 2.38 bits per heavy atom. The summed E-state index contributed by atoms with van der Waals surface area (Å²) in [5.74, 6) is 0.0539. The second-order valence-electron chi connectivity index (χ2n) is 18.3. The van der Waals surface area contributed by atoms with Gasteiger partial charge in [0.05, 0.1) is 51.1 Å². The quantitative estimate of drug-likeness (QED) is 0.185. The molecule has 4 saturated heterocycles. The molecule has 17 heteroatoms. The zero-order chi connectivity index (χ0) is 45.0. The number of hydrogen-bond acceptors (Lipinski definition) is 11. The molecule has 4 fully saturated rings. The summed E-state index contributed by atoms with van der Waals surface area (Å²) in [5.41, 5.74) is 8.40. The number of carbonyl (C=O) groups is 4. The maximum atomic E-state index is 14.6. The fourth-order valence-corrected chi connectivity index (χ4v) is 10.8. The van der Waals surface area contributed by atoms with Gasteiger partial charge in [0.25, 0.3) is 0 Å². The number of nitrogens with one attached hydrogen (secondary N) is 3. The molecule has 342 valence electrons. The Balaban J connectivity index is 0.874. The average Bonchev–Trinajstić information content (AvgIpc) is 4.19. The molecule has 17 nitrogen and oxygen atoms in total. The summed E-state index contributed by atoms with van der Waals surface area (Å²) >= 11 is 0. The molecule has 3 aromatic carbocycles. The van der Waals surface area contributed by atoms with Gasteiger partial charge in [-0.05, 0) is 90.6 Å². The lowest BCUT2D eigenvalue weighted by molar-refractivity contribution is -0.435. The number of alkyl carbamates (subject to hydrolysis) is 2. The molecule has 5 aliphatic heterocycles. The van der Waals surface area contributed by atoms with Crippen molar-refractivity contribution >= 4 is 57.3 Å². The highest BCUT2D eigenvalue weighted by atomic mass is 16.7. The number of fused-ring (bicyclic) bond motifs is 5. The van der Waals surface area contributed by atoms with E-state index in [-0.39, 0.29) is 36.2 Å². The van der Waals surface area contributed by atoms with Crippen molar-refractivity contribution in [2.24, 2.45) is 16.8 Å². The molecule has 5 N–H and O–H groups in total. The highest BCUT2D eigenvalue weighted by Crippen LogP contribution is 2.40. The fraction of sp³-hybridized carbons (Fsp3) is 0.500. The van der Waals surface area contributed by atoms with Gasteiger partial charge < -0.3 is 49.1 Å². The Hall–Kier alpha value is -5.88. The Morgan fingerprint density at radius 2 is 1.62 bits per heavy atom. The van der Waals surface area contributed by atoms with Crippen LogP contribution in [-0.4, -0.2) is 127 Å². The number of H-pyrrole nitrogens is 1. The molecule has 4 atom stereocenters. The van der Waals surface area contributed by atoms with Gasteiger partial charge in [0.2, 0.25) is 17.6 Å². The average molecular weight is 890 g/mol. The van der Waals surface area contributed by atoms with Gasteiger partial charge in [-0.2, -0.15) is 4.99 Å². The van der Waals surface area contributed by atoms with Crippen LogP contribution in [0.3, 0.4) is 0 Å². The van der Waals surface area contributed by atoms with E-state index < -0.39 is 36.1 Å². The van der Waals surface area contributed by atoms with Crippen LogP contribution in [0.5, 0.6) is 0 Å². The molecule has 0 bridgehead atoms. The fourth-order valence-electron chi connectivity index (χ4n) is 10.8. The predicted octanol–water partition coefficient (Wildman–Crippen LogP) is 4.51. The van der Waals surface area contributed by atoms with Crippen LogP contribution in [0.15, 0.2) is 59.2 Å². The molecule has 1 aliphatic carbocycles. The third kappa shape index (κ3) is 8.02. The number of hydrogen-bond donors (Lipinski definition) is 4. The SMILES string of the molecule is COC(=O)N[C@H](C(=O)N1CCC[C@H]1c1nc2c(ccc3cc(-c4ccc5c(c4)CCC4=C5[NH2+]C([C@@H]5CC6(CN5C(=O)[C@@H](NC(=O)OC)C5CCOCC5)OCCO6)=N4)ccc32)[nH]1)C(C)C. The van der Waals surface area contributed by atoms with E-state index >= 15 is 0 Å². The van der Waals surface area contributed by atoms with E-state index in [2.05, 4.69) is 69.5 Å². The van der Waals surface area contributed by atoms with Gasteiger partial charge >= 0.3 is 12.2 Å². The van der Waals surface area contributed by atoms with Crippen molar-refractivity contribution in [1.29, 1.82) is 0 Å². The van der Waals surface area contributed by atoms with E-state index in [1.54, 1.807) is 4.90 Å². The van der Waals surface area contributed by atoms with Crippen LogP contribution in [0.1, 0.15) is 75.4 Å². The van der Waals surface area contributed by atoms with Crippen LogP contribution in [-0.2, 0) is 39.7 Å². The van der Waals surface area contributed by atoms with Crippen molar-refractivity contribution < 1.29 is 48.2 Å². The lowest BCUT2D eigenvalue weighted by Gasteiger charge is -2.34. The molecule has 6 aliphatic rings. The number of aromatic amines is 1. The Labute approximate surface area is 376 Å². The monoisotopic (exact) mass is 889 g/mol. The molecule has 65 heavy (non-hydrogen) atoms. The van der Waals surface area contributed by atoms with Crippen LogP contribution in [0.25, 0.3) is 38.6 Å². The standard InChI is InChI=1S/C48H56N8O9/c1-26(2)38(53-46(59)61-3)44(57)55-17-5-6-36(55)42-49-34-13-9-30-22-28(7-11-32(30)40(34)51-42)29-8-12-33-31(23-29)10-14-35-41(33)52-43(50-35)37-24-48(64-20-21-65-48)25-56(37)45(58)39(54-47(60)62-4)27-15-18-63-19-16-27/h7-9,11-13,22-23,26-27,36-39H,5-6,10,14-21,24-25H2,1-4H3,(H,49,51)(H,50,52)(H,53,59)(H,54,60)/p+1/t36-,37-,38-,39-/m0/s1. The Kier molecular flexibility index (Phi) is 11.6. The lowest BCUT2D eigenvalue weighted by Crippen LogP contribution is -2.87. The number of nitrogens with zero attached hydrogens (tertiary/aromatic N) is 4. The number of amides is 4. The minimum absolute atomic E-state index is 0.101. The van der Waals surface area contributed by atoms with E-state index in [1.807, 2.05) is 18.7 Å². The first-order valence-electron chi connectivity index (χ1n) is 22.9. The maximum Gasteiger partial charge on any atom is 0.407 e. The van der Waals surface area contributed by atoms with Crippen molar-refractivity contribution in [1.82, 2.24) is 30.4 Å². The summed E-state index contributed by atoms with van der Waals surface area (Å²) in [6.45, 7) is 6.60. The van der Waals surface area contributed by atoms with Crippen LogP contribution in [0.4, 0.5) is 9.59 Å². The molecule has 1 spiro atoms. The lowest BCUT2D eigenvalue weighted by atomic mass is 9.89. The molecular formula is C48H57N8O9+. The third-order valence-electron chi connectivity index (χ3n) is 14.1. The van der Waals surface area contributed by atoms with E-state index in [9.17, 15) is 19.2 Å². The zero-order valence-corrected chi connectivity index (χ0v) is 37.3. The normalized spacial score (nSPS) is 22.6. The number of aliphatic imine (C=N–C) groups is 1. The zero-order valence-electron chi connectivity index (χ0n) is 37.3. The molecule has 4 amide bonds. The number of nitrogens with two attached hydrogens (primary N) is 1. The van der Waals surface area contributed by atoms with Gasteiger partial charge in [-0.25, -0.2) is 14.6 Å². The molecule has 0 radical (unpaired) electrons. The topological polar surface area (TPSA) is 203 Å². The number of imidazole rings is 1. The summed E-state index contributed by atoms with van der Waals surface area (Å²) in [7, 11) is 2.60. The number of aryl methyl sites for hydroxylation is 1. The van der Waals surface area contributed by atoms with E-state index in [0.717, 1.165) is 87.2 Å². The van der Waals surface area contributed by atoms with Crippen LogP contribution in [0, 0.1) is 11.8 Å². The molecule has 4 aromatic rings. The van der Waals surface area contributed by atoms with E-state index in [0.29, 0.717) is 52.2 Å². The summed E-state index contributed by atoms with van der Waals surface area (Å²) in [4.78, 5) is 70.5. The minimum atomic E-state index is -0.927. The first-order valence-corrected chi connectivity index (χ1v) is 22.9. The molecule has 0 unspecified atom stereocenters. The summed E-state index contributed by atoms with van der Waals surface area (Å²) in [6, 6.07) is 15.1.